The fraction of sp³-hybridized carbons (Fsp3) is 0.571. The number of likely N-dealkylation sites (tertiary alicyclic amines) is 1. The summed E-state index contributed by atoms with van der Waals surface area (Å²) >= 11 is 0. The summed E-state index contributed by atoms with van der Waals surface area (Å²) in [5.74, 6) is 2.46. The summed E-state index contributed by atoms with van der Waals surface area (Å²) in [4.78, 5) is 23.3. The molecule has 0 atom stereocenters. The lowest BCUT2D eigenvalue weighted by Crippen LogP contribution is -2.39. The van der Waals surface area contributed by atoms with Gasteiger partial charge in [-0.2, -0.15) is 0 Å². The fourth-order valence-corrected chi connectivity index (χ4v) is 4.25. The molecule has 6 nitrogen and oxygen atoms in total. The van der Waals surface area contributed by atoms with Gasteiger partial charge in [0.1, 0.15) is 5.82 Å². The molecular formula is C21H28N4O2. The van der Waals surface area contributed by atoms with Crippen LogP contribution in [0.1, 0.15) is 53.5 Å². The van der Waals surface area contributed by atoms with E-state index in [9.17, 15) is 4.79 Å². The van der Waals surface area contributed by atoms with Gasteiger partial charge in [-0.15, -0.1) is 0 Å². The molecule has 2 saturated heterocycles. The number of hydrogen-bond acceptors (Lipinski definition) is 4. The van der Waals surface area contributed by atoms with Crippen molar-refractivity contribution >= 4 is 5.91 Å². The van der Waals surface area contributed by atoms with Crippen LogP contribution >= 0.6 is 0 Å². The highest BCUT2D eigenvalue weighted by molar-refractivity contribution is 5.94. The maximum absolute atomic E-state index is 12.6. The second-order valence-electron chi connectivity index (χ2n) is 7.73. The molecule has 0 saturated carbocycles. The van der Waals surface area contributed by atoms with Gasteiger partial charge in [-0.1, -0.05) is 0 Å². The highest BCUT2D eigenvalue weighted by Gasteiger charge is 2.27. The van der Waals surface area contributed by atoms with E-state index >= 15 is 0 Å². The summed E-state index contributed by atoms with van der Waals surface area (Å²) < 4.78 is 7.93. The number of imidazole rings is 1. The van der Waals surface area contributed by atoms with Crippen LogP contribution in [0.25, 0.3) is 0 Å². The zero-order chi connectivity index (χ0) is 18.6. The van der Waals surface area contributed by atoms with Crippen LogP contribution in [-0.4, -0.2) is 51.6 Å². The second kappa shape index (κ2) is 8.21. The lowest BCUT2D eigenvalue weighted by atomic mass is 9.95. The van der Waals surface area contributed by atoms with Crippen molar-refractivity contribution in [3.8, 4) is 0 Å². The van der Waals surface area contributed by atoms with Crippen molar-refractivity contribution in [2.24, 2.45) is 5.92 Å². The minimum absolute atomic E-state index is 0.123. The highest BCUT2D eigenvalue weighted by atomic mass is 16.5. The lowest BCUT2D eigenvalue weighted by Gasteiger charge is -2.33. The van der Waals surface area contributed by atoms with Crippen molar-refractivity contribution in [2.75, 3.05) is 26.3 Å². The first-order valence-electron chi connectivity index (χ1n) is 10.0. The molecule has 0 aliphatic carbocycles. The quantitative estimate of drug-likeness (QED) is 0.832. The molecule has 0 bridgehead atoms. The molecule has 0 aromatic carbocycles. The number of carbonyl (C=O) groups excluding carboxylic acids is 1. The van der Waals surface area contributed by atoms with E-state index in [-0.39, 0.29) is 5.91 Å². The zero-order valence-electron chi connectivity index (χ0n) is 16.0. The number of hydrogen-bond donors (Lipinski definition) is 0. The SMILES string of the molecule is Cc1cnc(C2CCOCC2)n1CC1CCN(C(=O)c2ccncc2)CC1. The molecule has 4 rings (SSSR count). The Bertz CT molecular complexity index is 760. The van der Waals surface area contributed by atoms with Crippen LogP contribution < -0.4 is 0 Å². The van der Waals surface area contributed by atoms with Gasteiger partial charge in [-0.3, -0.25) is 9.78 Å². The minimum atomic E-state index is 0.123. The van der Waals surface area contributed by atoms with E-state index in [0.717, 1.165) is 64.1 Å². The minimum Gasteiger partial charge on any atom is -0.381 e. The van der Waals surface area contributed by atoms with E-state index in [1.807, 2.05) is 11.1 Å². The molecule has 27 heavy (non-hydrogen) atoms. The molecule has 4 heterocycles. The summed E-state index contributed by atoms with van der Waals surface area (Å²) in [5, 5.41) is 0. The van der Waals surface area contributed by atoms with Crippen LogP contribution in [0, 0.1) is 12.8 Å². The van der Waals surface area contributed by atoms with E-state index in [0.29, 0.717) is 11.8 Å². The molecule has 2 aliphatic rings. The van der Waals surface area contributed by atoms with Crippen LogP contribution in [0.5, 0.6) is 0 Å². The van der Waals surface area contributed by atoms with Gasteiger partial charge >= 0.3 is 0 Å². The Kier molecular flexibility index (Phi) is 5.53. The summed E-state index contributed by atoms with van der Waals surface area (Å²) in [6.07, 6.45) is 9.58. The number of piperidine rings is 1. The van der Waals surface area contributed by atoms with Crippen molar-refractivity contribution in [1.29, 1.82) is 0 Å². The fourth-order valence-electron chi connectivity index (χ4n) is 4.25. The monoisotopic (exact) mass is 368 g/mol. The van der Waals surface area contributed by atoms with Crippen molar-refractivity contribution in [3.63, 3.8) is 0 Å². The van der Waals surface area contributed by atoms with Gasteiger partial charge < -0.3 is 14.2 Å². The van der Waals surface area contributed by atoms with Crippen LogP contribution in [0.2, 0.25) is 0 Å². The van der Waals surface area contributed by atoms with Crippen LogP contribution in [0.4, 0.5) is 0 Å². The normalized spacial score (nSPS) is 19.4. The van der Waals surface area contributed by atoms with Gasteiger partial charge in [-0.05, 0) is 50.7 Å². The maximum atomic E-state index is 12.6. The van der Waals surface area contributed by atoms with E-state index in [2.05, 4.69) is 16.5 Å². The summed E-state index contributed by atoms with van der Waals surface area (Å²) in [6, 6.07) is 3.59. The number of pyridine rings is 1. The van der Waals surface area contributed by atoms with Gasteiger partial charge in [0.2, 0.25) is 0 Å². The zero-order valence-corrected chi connectivity index (χ0v) is 16.0. The molecule has 0 unspecified atom stereocenters. The third-order valence-electron chi connectivity index (χ3n) is 5.94. The number of carbonyl (C=O) groups is 1. The van der Waals surface area contributed by atoms with Gasteiger partial charge in [0.05, 0.1) is 0 Å². The topological polar surface area (TPSA) is 60.2 Å². The Hall–Kier alpha value is -2.21. The average molecular weight is 368 g/mol. The first kappa shape index (κ1) is 18.2. The standard InChI is InChI=1S/C21H28N4O2/c1-16-14-23-20(18-6-12-27-13-7-18)25(16)15-17-4-10-24(11-5-17)21(26)19-2-8-22-9-3-19/h2-3,8-9,14,17-18H,4-7,10-13,15H2,1H3. The predicted molar refractivity (Wildman–Crippen MR) is 103 cm³/mol. The summed E-state index contributed by atoms with van der Waals surface area (Å²) in [5.41, 5.74) is 1.97. The molecule has 2 aliphatic heterocycles. The first-order valence-corrected chi connectivity index (χ1v) is 10.0. The molecule has 0 N–H and O–H groups in total. The Morgan fingerprint density at radius 1 is 1.15 bits per heavy atom. The number of ether oxygens (including phenoxy) is 1. The van der Waals surface area contributed by atoms with Crippen LogP contribution in [0.15, 0.2) is 30.7 Å². The number of aromatic nitrogens is 3. The molecule has 6 heteroatoms. The van der Waals surface area contributed by atoms with Crippen molar-refractivity contribution < 1.29 is 9.53 Å². The lowest BCUT2D eigenvalue weighted by molar-refractivity contribution is 0.0679. The Balaban J connectivity index is 1.37. The van der Waals surface area contributed by atoms with E-state index in [4.69, 9.17) is 9.72 Å². The van der Waals surface area contributed by atoms with Crippen LogP contribution in [-0.2, 0) is 11.3 Å². The molecule has 0 spiro atoms. The van der Waals surface area contributed by atoms with E-state index in [1.54, 1.807) is 24.5 Å². The molecule has 2 aromatic heterocycles. The molecule has 1 amide bonds. The largest absolute Gasteiger partial charge is 0.381 e. The maximum Gasteiger partial charge on any atom is 0.253 e. The van der Waals surface area contributed by atoms with Gasteiger partial charge in [-0.25, -0.2) is 4.98 Å². The van der Waals surface area contributed by atoms with E-state index in [1.165, 1.54) is 11.5 Å². The second-order valence-corrected chi connectivity index (χ2v) is 7.73. The van der Waals surface area contributed by atoms with Crippen LogP contribution in [0.3, 0.4) is 0 Å². The summed E-state index contributed by atoms with van der Waals surface area (Å²) in [6.45, 7) is 6.49. The third-order valence-corrected chi connectivity index (χ3v) is 5.94. The van der Waals surface area contributed by atoms with Crippen molar-refractivity contribution in [1.82, 2.24) is 19.4 Å². The highest BCUT2D eigenvalue weighted by Crippen LogP contribution is 2.29. The molecule has 0 radical (unpaired) electrons. The van der Waals surface area contributed by atoms with Gasteiger partial charge in [0.25, 0.3) is 5.91 Å². The molecule has 144 valence electrons. The third kappa shape index (κ3) is 4.05. The molecule has 2 aromatic rings. The van der Waals surface area contributed by atoms with Crippen molar-refractivity contribution in [3.05, 3.63) is 47.8 Å². The molecule has 2 fully saturated rings. The predicted octanol–water partition coefficient (Wildman–Crippen LogP) is 3.03. The number of nitrogens with zero attached hydrogens (tertiary/aromatic N) is 4. The number of rotatable bonds is 4. The van der Waals surface area contributed by atoms with Gasteiger partial charge in [0.15, 0.2) is 0 Å². The summed E-state index contributed by atoms with van der Waals surface area (Å²) in [7, 11) is 0. The van der Waals surface area contributed by atoms with Gasteiger partial charge in [0, 0.05) is 68.6 Å². The average Bonchev–Trinajstić information content (AvgIpc) is 3.09. The van der Waals surface area contributed by atoms with E-state index < -0.39 is 0 Å². The Labute approximate surface area is 160 Å². The number of aryl methyl sites for hydroxylation is 1. The first-order chi connectivity index (χ1) is 13.2. The Morgan fingerprint density at radius 3 is 2.56 bits per heavy atom. The molecular weight excluding hydrogens is 340 g/mol. The number of amides is 1. The smallest absolute Gasteiger partial charge is 0.253 e. The van der Waals surface area contributed by atoms with Crippen molar-refractivity contribution in [2.45, 2.75) is 45.1 Å². The Morgan fingerprint density at radius 2 is 1.85 bits per heavy atom.